The third kappa shape index (κ3) is 3.66. The summed E-state index contributed by atoms with van der Waals surface area (Å²) < 4.78 is 0. The third-order valence-electron chi connectivity index (χ3n) is 4.31. The standard InChI is InChI=1S/C18H18N4O2S2/c23-15(20-8-11-3-2-6-19-7-11)10-25-9-14-21-17(24)16-12-4-1-5-13(12)26-18(16)22-14/h2-3,6-7H,1,4-5,8-10H2,(H,20,23)(H,21,22,24). The van der Waals surface area contributed by atoms with Crippen molar-refractivity contribution >= 4 is 39.2 Å². The number of nitrogens with zero attached hydrogens (tertiary/aromatic N) is 2. The monoisotopic (exact) mass is 386 g/mol. The van der Waals surface area contributed by atoms with Crippen LogP contribution in [0.4, 0.5) is 0 Å². The van der Waals surface area contributed by atoms with E-state index >= 15 is 0 Å². The highest BCUT2D eigenvalue weighted by Crippen LogP contribution is 2.34. The summed E-state index contributed by atoms with van der Waals surface area (Å²) in [6.07, 6.45) is 6.59. The zero-order valence-electron chi connectivity index (χ0n) is 14.1. The Morgan fingerprint density at radius 2 is 2.31 bits per heavy atom. The Labute approximate surface area is 158 Å². The Morgan fingerprint density at radius 1 is 1.38 bits per heavy atom. The van der Waals surface area contributed by atoms with Gasteiger partial charge in [-0.15, -0.1) is 23.1 Å². The molecule has 2 N–H and O–H groups in total. The van der Waals surface area contributed by atoms with Crippen molar-refractivity contribution in [3.63, 3.8) is 0 Å². The molecule has 0 radical (unpaired) electrons. The van der Waals surface area contributed by atoms with E-state index in [0.717, 1.165) is 35.0 Å². The van der Waals surface area contributed by atoms with Crippen LogP contribution in [0, 0.1) is 0 Å². The van der Waals surface area contributed by atoms with Gasteiger partial charge in [0.05, 0.1) is 16.9 Å². The summed E-state index contributed by atoms with van der Waals surface area (Å²) in [7, 11) is 0. The molecule has 134 valence electrons. The van der Waals surface area contributed by atoms with Crippen LogP contribution in [0.5, 0.6) is 0 Å². The van der Waals surface area contributed by atoms with Gasteiger partial charge in [0.15, 0.2) is 0 Å². The number of H-pyrrole nitrogens is 1. The highest BCUT2D eigenvalue weighted by atomic mass is 32.2. The lowest BCUT2D eigenvalue weighted by molar-refractivity contribution is -0.118. The quantitative estimate of drug-likeness (QED) is 0.679. The van der Waals surface area contributed by atoms with Crippen LogP contribution in [0.2, 0.25) is 0 Å². The van der Waals surface area contributed by atoms with Crippen LogP contribution in [0.3, 0.4) is 0 Å². The molecule has 0 saturated heterocycles. The lowest BCUT2D eigenvalue weighted by Gasteiger charge is -2.05. The Bertz CT molecular complexity index is 998. The van der Waals surface area contributed by atoms with E-state index in [2.05, 4.69) is 20.3 Å². The van der Waals surface area contributed by atoms with Crippen molar-refractivity contribution in [2.24, 2.45) is 0 Å². The largest absolute Gasteiger partial charge is 0.351 e. The fourth-order valence-corrected chi connectivity index (χ4v) is 5.11. The summed E-state index contributed by atoms with van der Waals surface area (Å²) in [6.45, 7) is 0.467. The molecule has 0 fully saturated rings. The Balaban J connectivity index is 1.33. The molecule has 0 spiro atoms. The van der Waals surface area contributed by atoms with E-state index in [9.17, 15) is 9.59 Å². The summed E-state index contributed by atoms with van der Waals surface area (Å²) in [5, 5.41) is 3.63. The average molecular weight is 387 g/mol. The number of aromatic nitrogens is 3. The molecule has 0 unspecified atom stereocenters. The minimum absolute atomic E-state index is 0.0441. The van der Waals surface area contributed by atoms with Crippen LogP contribution in [-0.4, -0.2) is 26.6 Å². The molecule has 0 atom stereocenters. The fourth-order valence-electron chi connectivity index (χ4n) is 3.11. The van der Waals surface area contributed by atoms with Gasteiger partial charge < -0.3 is 10.3 Å². The maximum atomic E-state index is 12.4. The van der Waals surface area contributed by atoms with Crippen molar-refractivity contribution in [1.29, 1.82) is 0 Å². The molecular formula is C18H18N4O2S2. The van der Waals surface area contributed by atoms with Crippen molar-refractivity contribution in [2.75, 3.05) is 5.75 Å². The molecule has 4 rings (SSSR count). The second-order valence-electron chi connectivity index (χ2n) is 6.18. The molecule has 0 bridgehead atoms. The molecule has 0 aliphatic heterocycles. The first-order valence-electron chi connectivity index (χ1n) is 8.47. The maximum absolute atomic E-state index is 12.4. The van der Waals surface area contributed by atoms with Gasteiger partial charge in [-0.3, -0.25) is 14.6 Å². The molecule has 3 aromatic heterocycles. The first kappa shape index (κ1) is 17.2. The Kier molecular flexibility index (Phi) is 5.03. The minimum Gasteiger partial charge on any atom is -0.351 e. The smallest absolute Gasteiger partial charge is 0.259 e. The summed E-state index contributed by atoms with van der Waals surface area (Å²) in [5.41, 5.74) is 2.10. The van der Waals surface area contributed by atoms with Crippen molar-refractivity contribution in [1.82, 2.24) is 20.3 Å². The van der Waals surface area contributed by atoms with E-state index in [-0.39, 0.29) is 11.5 Å². The molecule has 0 saturated carbocycles. The van der Waals surface area contributed by atoms with Crippen LogP contribution in [-0.2, 0) is 29.9 Å². The molecule has 8 heteroatoms. The number of nitrogens with one attached hydrogen (secondary N) is 2. The first-order chi connectivity index (χ1) is 12.7. The molecular weight excluding hydrogens is 368 g/mol. The van der Waals surface area contributed by atoms with E-state index in [4.69, 9.17) is 0 Å². The van der Waals surface area contributed by atoms with Gasteiger partial charge in [-0.05, 0) is 36.5 Å². The molecule has 0 aromatic carbocycles. The molecule has 1 amide bonds. The van der Waals surface area contributed by atoms with Crippen LogP contribution >= 0.6 is 23.1 Å². The zero-order valence-corrected chi connectivity index (χ0v) is 15.7. The van der Waals surface area contributed by atoms with E-state index < -0.39 is 0 Å². The second-order valence-corrected chi connectivity index (χ2v) is 8.25. The minimum atomic E-state index is -0.0500. The number of thioether (sulfide) groups is 1. The summed E-state index contributed by atoms with van der Waals surface area (Å²) >= 11 is 3.08. The lowest BCUT2D eigenvalue weighted by atomic mass is 10.2. The Morgan fingerprint density at radius 3 is 3.15 bits per heavy atom. The normalized spacial score (nSPS) is 13.1. The van der Waals surface area contributed by atoms with E-state index in [1.807, 2.05) is 12.1 Å². The van der Waals surface area contributed by atoms with Crippen molar-refractivity contribution in [3.8, 4) is 0 Å². The first-order valence-corrected chi connectivity index (χ1v) is 10.4. The number of rotatable bonds is 6. The Hall–Kier alpha value is -2.19. The van der Waals surface area contributed by atoms with Crippen molar-refractivity contribution in [2.45, 2.75) is 31.6 Å². The summed E-state index contributed by atoms with van der Waals surface area (Å²) in [4.78, 5) is 38.0. The second kappa shape index (κ2) is 7.59. The van der Waals surface area contributed by atoms with Gasteiger partial charge in [0, 0.05) is 23.8 Å². The highest BCUT2D eigenvalue weighted by molar-refractivity contribution is 7.99. The van der Waals surface area contributed by atoms with Gasteiger partial charge in [-0.2, -0.15) is 0 Å². The van der Waals surface area contributed by atoms with E-state index in [1.165, 1.54) is 22.2 Å². The SMILES string of the molecule is O=C(CSCc1nc2sc3c(c2c(=O)[nH]1)CCC3)NCc1cccnc1. The number of carbonyl (C=O) groups excluding carboxylic acids is 1. The van der Waals surface area contributed by atoms with Gasteiger partial charge in [-0.25, -0.2) is 4.98 Å². The number of hydrogen-bond donors (Lipinski definition) is 2. The molecule has 3 aromatic rings. The molecule has 1 aliphatic rings. The number of aromatic amines is 1. The van der Waals surface area contributed by atoms with Gasteiger partial charge in [-0.1, -0.05) is 6.07 Å². The highest BCUT2D eigenvalue weighted by Gasteiger charge is 2.21. The van der Waals surface area contributed by atoms with E-state index in [0.29, 0.717) is 23.9 Å². The van der Waals surface area contributed by atoms with Crippen molar-refractivity contribution < 1.29 is 4.79 Å². The molecule has 26 heavy (non-hydrogen) atoms. The summed E-state index contributed by atoms with van der Waals surface area (Å²) in [5.74, 6) is 1.42. The number of fused-ring (bicyclic) bond motifs is 3. The topological polar surface area (TPSA) is 87.7 Å². The average Bonchev–Trinajstić information content (AvgIpc) is 3.21. The molecule has 6 nitrogen and oxygen atoms in total. The van der Waals surface area contributed by atoms with Crippen LogP contribution in [0.25, 0.3) is 10.2 Å². The number of carbonyl (C=O) groups is 1. The number of hydrogen-bond acceptors (Lipinski definition) is 6. The fraction of sp³-hybridized carbons (Fsp3) is 0.333. The summed E-state index contributed by atoms with van der Waals surface area (Å²) in [6, 6.07) is 3.76. The number of aryl methyl sites for hydroxylation is 2. The number of pyridine rings is 1. The number of thiophene rings is 1. The van der Waals surface area contributed by atoms with Crippen LogP contribution < -0.4 is 10.9 Å². The van der Waals surface area contributed by atoms with Gasteiger partial charge in [0.25, 0.3) is 5.56 Å². The third-order valence-corrected chi connectivity index (χ3v) is 6.44. The predicted octanol–water partition coefficient (Wildman–Crippen LogP) is 2.42. The molecule has 1 aliphatic carbocycles. The van der Waals surface area contributed by atoms with Crippen molar-refractivity contribution in [3.05, 3.63) is 56.7 Å². The van der Waals surface area contributed by atoms with Gasteiger partial charge >= 0.3 is 0 Å². The lowest BCUT2D eigenvalue weighted by Crippen LogP contribution is -2.24. The number of amides is 1. The predicted molar refractivity (Wildman–Crippen MR) is 105 cm³/mol. The van der Waals surface area contributed by atoms with Crippen LogP contribution in [0.1, 0.15) is 28.2 Å². The van der Waals surface area contributed by atoms with Gasteiger partial charge in [0.1, 0.15) is 10.7 Å². The molecule has 3 heterocycles. The van der Waals surface area contributed by atoms with Gasteiger partial charge in [0.2, 0.25) is 5.91 Å². The van der Waals surface area contributed by atoms with E-state index in [1.54, 1.807) is 23.7 Å². The zero-order chi connectivity index (χ0) is 17.9. The van der Waals surface area contributed by atoms with Crippen LogP contribution in [0.15, 0.2) is 29.3 Å². The maximum Gasteiger partial charge on any atom is 0.259 e.